The lowest BCUT2D eigenvalue weighted by Crippen LogP contribution is -2.44. The van der Waals surface area contributed by atoms with Crippen LogP contribution >= 0.6 is 0 Å². The van der Waals surface area contributed by atoms with Crippen LogP contribution in [0.4, 0.5) is 0 Å². The van der Waals surface area contributed by atoms with E-state index in [0.717, 1.165) is 32.4 Å². The van der Waals surface area contributed by atoms with E-state index in [1.54, 1.807) is 0 Å². The number of nitrogens with one attached hydrogen (secondary N) is 1. The summed E-state index contributed by atoms with van der Waals surface area (Å²) in [4.78, 5) is 34.6. The summed E-state index contributed by atoms with van der Waals surface area (Å²) in [7, 11) is -2.22. The molecule has 0 radical (unpaired) electrons. The Morgan fingerprint density at radius 3 is 1.96 bits per heavy atom. The molecule has 2 N–H and O–H groups in total. The third-order valence-corrected chi connectivity index (χ3v) is 4.56. The van der Waals surface area contributed by atoms with Crippen molar-refractivity contribution in [2.75, 3.05) is 27.4 Å². The van der Waals surface area contributed by atoms with Gasteiger partial charge in [-0.1, -0.05) is 0 Å². The fourth-order valence-electron chi connectivity index (χ4n) is 1.88. The molecule has 0 fully saturated rings. The van der Waals surface area contributed by atoms with Crippen molar-refractivity contribution >= 4 is 27.9 Å². The molecule has 26 heavy (non-hydrogen) atoms. The number of ether oxygens (including phenoxy) is 3. The quantitative estimate of drug-likeness (QED) is 0.442. The topological polar surface area (TPSA) is 145 Å². The van der Waals surface area contributed by atoms with Crippen LogP contribution in [0, 0.1) is 0 Å². The van der Waals surface area contributed by atoms with Crippen molar-refractivity contribution in [2.45, 2.75) is 17.9 Å². The van der Waals surface area contributed by atoms with Gasteiger partial charge in [-0.3, -0.25) is 4.79 Å². The van der Waals surface area contributed by atoms with Crippen molar-refractivity contribution in [2.24, 2.45) is 0 Å². The molecule has 0 aliphatic carbocycles. The van der Waals surface area contributed by atoms with Gasteiger partial charge in [0.25, 0.3) is 0 Å². The molecule has 0 aromatic heterocycles. The smallest absolute Gasteiger partial charge is 0.337 e. The first-order valence-electron chi connectivity index (χ1n) is 7.31. The second-order valence-corrected chi connectivity index (χ2v) is 6.55. The Hall–Kier alpha value is -2.50. The number of esters is 3. The minimum atomic E-state index is -4.39. The van der Waals surface area contributed by atoms with E-state index in [1.807, 2.05) is 4.72 Å². The van der Waals surface area contributed by atoms with E-state index >= 15 is 0 Å². The lowest BCUT2D eigenvalue weighted by molar-refractivity contribution is -0.146. The zero-order valence-corrected chi connectivity index (χ0v) is 15.2. The zero-order valence-electron chi connectivity index (χ0n) is 14.3. The summed E-state index contributed by atoms with van der Waals surface area (Å²) in [5.41, 5.74) is -0.431. The molecule has 144 valence electrons. The van der Waals surface area contributed by atoms with Crippen molar-refractivity contribution in [3.05, 3.63) is 29.3 Å². The summed E-state index contributed by atoms with van der Waals surface area (Å²) in [5.74, 6) is -2.73. The molecule has 0 bridgehead atoms. The second kappa shape index (κ2) is 9.27. The summed E-state index contributed by atoms with van der Waals surface area (Å²) in [6.07, 6.45) is 0. The largest absolute Gasteiger partial charge is 0.465 e. The number of aliphatic hydroxyl groups is 1. The van der Waals surface area contributed by atoms with Crippen molar-refractivity contribution < 1.29 is 42.1 Å². The van der Waals surface area contributed by atoms with E-state index in [9.17, 15) is 27.9 Å². The molecule has 0 aliphatic rings. The standard InChI is InChI=1S/C15H19NO9S/c1-4-25-15(20)12(8-17)16-26(21,22)11-6-9(13(18)23-2)5-10(7-11)14(19)24-3/h5-7,12,16-17H,4,8H2,1-3H3/t12-/m0/s1. The van der Waals surface area contributed by atoms with Gasteiger partial charge in [-0.05, 0) is 25.1 Å². The number of hydrogen-bond acceptors (Lipinski definition) is 9. The molecule has 0 spiro atoms. The predicted molar refractivity (Wildman–Crippen MR) is 86.9 cm³/mol. The molecule has 0 aliphatic heterocycles. The molecular formula is C15H19NO9S. The van der Waals surface area contributed by atoms with Crippen LogP contribution in [-0.4, -0.2) is 64.9 Å². The highest BCUT2D eigenvalue weighted by atomic mass is 32.2. The average Bonchev–Trinajstić information content (AvgIpc) is 2.64. The van der Waals surface area contributed by atoms with Crippen LogP contribution < -0.4 is 4.72 Å². The van der Waals surface area contributed by atoms with E-state index in [1.165, 1.54) is 6.92 Å². The number of aliphatic hydroxyl groups excluding tert-OH is 1. The molecular weight excluding hydrogens is 370 g/mol. The van der Waals surface area contributed by atoms with Crippen LogP contribution in [0.3, 0.4) is 0 Å². The fourth-order valence-corrected chi connectivity index (χ4v) is 3.13. The van der Waals surface area contributed by atoms with Gasteiger partial charge in [0.1, 0.15) is 6.04 Å². The monoisotopic (exact) mass is 389 g/mol. The van der Waals surface area contributed by atoms with E-state index < -0.39 is 45.5 Å². The Morgan fingerprint density at radius 2 is 1.58 bits per heavy atom. The third kappa shape index (κ3) is 5.25. The minimum Gasteiger partial charge on any atom is -0.465 e. The van der Waals surface area contributed by atoms with Gasteiger partial charge < -0.3 is 19.3 Å². The highest BCUT2D eigenvalue weighted by Crippen LogP contribution is 2.18. The Kier molecular flexibility index (Phi) is 7.68. The molecule has 1 aromatic carbocycles. The van der Waals surface area contributed by atoms with Gasteiger partial charge in [0.2, 0.25) is 10.0 Å². The van der Waals surface area contributed by atoms with Crippen LogP contribution in [0.2, 0.25) is 0 Å². The lowest BCUT2D eigenvalue weighted by Gasteiger charge is -2.16. The molecule has 11 heteroatoms. The summed E-state index contributed by atoms with van der Waals surface area (Å²) in [6.45, 7) is 0.656. The number of carbonyl (C=O) groups excluding carboxylic acids is 3. The summed E-state index contributed by atoms with van der Waals surface area (Å²) >= 11 is 0. The van der Waals surface area contributed by atoms with Crippen molar-refractivity contribution in [3.8, 4) is 0 Å². The average molecular weight is 389 g/mol. The van der Waals surface area contributed by atoms with Gasteiger partial charge >= 0.3 is 17.9 Å². The summed E-state index contributed by atoms with van der Waals surface area (Å²) < 4.78 is 40.7. The number of benzene rings is 1. The summed E-state index contributed by atoms with van der Waals surface area (Å²) in [6, 6.07) is 1.47. The van der Waals surface area contributed by atoms with Gasteiger partial charge in [0.15, 0.2) is 0 Å². The molecule has 0 unspecified atom stereocenters. The second-order valence-electron chi connectivity index (χ2n) is 4.84. The van der Waals surface area contributed by atoms with Gasteiger partial charge in [0.05, 0.1) is 43.5 Å². The normalized spacial score (nSPS) is 12.2. The molecule has 1 atom stereocenters. The zero-order chi connectivity index (χ0) is 19.9. The molecule has 0 saturated carbocycles. The van der Waals surface area contributed by atoms with Gasteiger partial charge in [-0.25, -0.2) is 18.0 Å². The van der Waals surface area contributed by atoms with E-state index in [-0.39, 0.29) is 17.7 Å². The predicted octanol–water partition coefficient (Wildman–Crippen LogP) is -0.538. The van der Waals surface area contributed by atoms with Crippen molar-refractivity contribution in [1.29, 1.82) is 0 Å². The number of sulfonamides is 1. The van der Waals surface area contributed by atoms with Crippen LogP contribution in [0.15, 0.2) is 23.1 Å². The van der Waals surface area contributed by atoms with Gasteiger partial charge in [-0.2, -0.15) is 4.72 Å². The first-order valence-corrected chi connectivity index (χ1v) is 8.80. The van der Waals surface area contributed by atoms with Crippen molar-refractivity contribution in [1.82, 2.24) is 4.72 Å². The summed E-state index contributed by atoms with van der Waals surface area (Å²) in [5, 5.41) is 9.22. The highest BCUT2D eigenvalue weighted by Gasteiger charge is 2.28. The van der Waals surface area contributed by atoms with Crippen LogP contribution in [0.25, 0.3) is 0 Å². The van der Waals surface area contributed by atoms with E-state index in [4.69, 9.17) is 0 Å². The molecule has 1 rings (SSSR count). The van der Waals surface area contributed by atoms with Gasteiger partial charge in [0, 0.05) is 0 Å². The molecule has 0 amide bonds. The first kappa shape index (κ1) is 21.5. The Balaban J connectivity index is 3.35. The fraction of sp³-hybridized carbons (Fsp3) is 0.400. The molecule has 0 saturated heterocycles. The van der Waals surface area contributed by atoms with E-state index in [0.29, 0.717) is 0 Å². The maximum atomic E-state index is 12.5. The number of hydrogen-bond donors (Lipinski definition) is 2. The van der Waals surface area contributed by atoms with Crippen LogP contribution in [0.1, 0.15) is 27.6 Å². The Morgan fingerprint density at radius 1 is 1.08 bits per heavy atom. The minimum absolute atomic E-state index is 0.0125. The Bertz CT molecular complexity index is 754. The Labute approximate surface area is 150 Å². The molecule has 10 nitrogen and oxygen atoms in total. The first-order chi connectivity index (χ1) is 12.2. The maximum Gasteiger partial charge on any atom is 0.337 e. The number of carbonyl (C=O) groups is 3. The van der Waals surface area contributed by atoms with Crippen LogP contribution in [0.5, 0.6) is 0 Å². The number of methoxy groups -OCH3 is 2. The highest BCUT2D eigenvalue weighted by molar-refractivity contribution is 7.89. The molecule has 1 aromatic rings. The lowest BCUT2D eigenvalue weighted by atomic mass is 10.1. The maximum absolute atomic E-state index is 12.5. The number of rotatable bonds is 8. The third-order valence-electron chi connectivity index (χ3n) is 3.11. The van der Waals surface area contributed by atoms with Gasteiger partial charge in [-0.15, -0.1) is 0 Å². The molecule has 0 heterocycles. The van der Waals surface area contributed by atoms with E-state index in [2.05, 4.69) is 14.2 Å². The van der Waals surface area contributed by atoms with Crippen molar-refractivity contribution in [3.63, 3.8) is 0 Å². The SMILES string of the molecule is CCOC(=O)[C@H](CO)NS(=O)(=O)c1cc(C(=O)OC)cc(C(=O)OC)c1. The van der Waals surface area contributed by atoms with Crippen LogP contribution in [-0.2, 0) is 29.0 Å².